The number of hydrogen-bond donors (Lipinski definition) is 0. The molecule has 0 unspecified atom stereocenters. The summed E-state index contributed by atoms with van der Waals surface area (Å²) in [6.45, 7) is 8.13. The van der Waals surface area contributed by atoms with Crippen LogP contribution in [0.5, 0.6) is 0 Å². The van der Waals surface area contributed by atoms with E-state index in [1.807, 2.05) is 17.9 Å². The zero-order chi connectivity index (χ0) is 15.6. The topological polar surface area (TPSA) is 42.8 Å². The summed E-state index contributed by atoms with van der Waals surface area (Å²) >= 11 is 0. The molecule has 3 fully saturated rings. The SMILES string of the molecule is Cn1cc(CN2CCO[C@H]3CN(C4CCOCC4)C[C@H]3C2)cn1. The van der Waals surface area contributed by atoms with Gasteiger partial charge in [-0.15, -0.1) is 0 Å². The third-order valence-electron chi connectivity index (χ3n) is 5.51. The molecule has 2 atom stereocenters. The minimum Gasteiger partial charge on any atom is -0.381 e. The molecule has 0 N–H and O–H groups in total. The molecule has 1 aromatic rings. The minimum absolute atomic E-state index is 0.414. The van der Waals surface area contributed by atoms with Crippen molar-refractivity contribution in [1.29, 1.82) is 0 Å². The zero-order valence-corrected chi connectivity index (χ0v) is 14.1. The monoisotopic (exact) mass is 320 g/mol. The predicted octanol–water partition coefficient (Wildman–Crippen LogP) is 0.732. The number of aryl methyl sites for hydroxylation is 1. The normalized spacial score (nSPS) is 31.2. The summed E-state index contributed by atoms with van der Waals surface area (Å²) < 4.78 is 13.6. The van der Waals surface area contributed by atoms with Gasteiger partial charge >= 0.3 is 0 Å². The van der Waals surface area contributed by atoms with Crippen LogP contribution >= 0.6 is 0 Å². The number of hydrogen-bond acceptors (Lipinski definition) is 5. The van der Waals surface area contributed by atoms with Crippen molar-refractivity contribution in [1.82, 2.24) is 19.6 Å². The maximum absolute atomic E-state index is 6.19. The highest BCUT2D eigenvalue weighted by Gasteiger charge is 2.39. The van der Waals surface area contributed by atoms with Crippen LogP contribution in [0, 0.1) is 5.92 Å². The Hall–Kier alpha value is -0.950. The number of likely N-dealkylation sites (tertiary alicyclic amines) is 1. The summed E-state index contributed by atoms with van der Waals surface area (Å²) in [5, 5.41) is 4.28. The van der Waals surface area contributed by atoms with Gasteiger partial charge in [0.15, 0.2) is 0 Å². The van der Waals surface area contributed by atoms with Crippen LogP contribution in [0.2, 0.25) is 0 Å². The largest absolute Gasteiger partial charge is 0.381 e. The van der Waals surface area contributed by atoms with E-state index in [-0.39, 0.29) is 0 Å². The molecule has 0 spiro atoms. The smallest absolute Gasteiger partial charge is 0.0755 e. The first kappa shape index (κ1) is 15.6. The molecule has 128 valence electrons. The van der Waals surface area contributed by atoms with Crippen LogP contribution < -0.4 is 0 Å². The predicted molar refractivity (Wildman–Crippen MR) is 87.1 cm³/mol. The average molecular weight is 320 g/mol. The zero-order valence-electron chi connectivity index (χ0n) is 14.1. The van der Waals surface area contributed by atoms with Crippen molar-refractivity contribution in [2.45, 2.75) is 31.5 Å². The van der Waals surface area contributed by atoms with Gasteiger partial charge in [-0.05, 0) is 12.8 Å². The van der Waals surface area contributed by atoms with E-state index < -0.39 is 0 Å². The second-order valence-corrected chi connectivity index (χ2v) is 7.22. The van der Waals surface area contributed by atoms with Gasteiger partial charge in [0.1, 0.15) is 0 Å². The molecule has 3 aliphatic rings. The van der Waals surface area contributed by atoms with Crippen molar-refractivity contribution in [3.05, 3.63) is 18.0 Å². The molecule has 1 aromatic heterocycles. The molecular formula is C17H28N4O2. The number of rotatable bonds is 3. The van der Waals surface area contributed by atoms with Crippen molar-refractivity contribution in [2.24, 2.45) is 13.0 Å². The number of nitrogens with zero attached hydrogens (tertiary/aromatic N) is 4. The molecule has 0 saturated carbocycles. The van der Waals surface area contributed by atoms with E-state index in [0.717, 1.165) is 46.0 Å². The standard InChI is InChI=1S/C17H28N4O2/c1-19-9-14(8-18-19)10-20-4-7-23-17-13-21(12-15(17)11-20)16-2-5-22-6-3-16/h8-9,15-17H,2-7,10-13H2,1H3/t15-,17+/m1/s1. The lowest BCUT2D eigenvalue weighted by atomic mass is 10.1. The van der Waals surface area contributed by atoms with Crippen LogP contribution in [0.1, 0.15) is 18.4 Å². The summed E-state index contributed by atoms with van der Waals surface area (Å²) in [5.74, 6) is 0.636. The molecule has 0 radical (unpaired) electrons. The van der Waals surface area contributed by atoms with E-state index in [4.69, 9.17) is 9.47 Å². The number of aromatic nitrogens is 2. The minimum atomic E-state index is 0.414. The Morgan fingerprint density at radius 1 is 1.17 bits per heavy atom. The Labute approximate surface area is 138 Å². The van der Waals surface area contributed by atoms with Crippen molar-refractivity contribution in [2.75, 3.05) is 46.0 Å². The fraction of sp³-hybridized carbons (Fsp3) is 0.824. The second kappa shape index (κ2) is 6.89. The Morgan fingerprint density at radius 3 is 2.83 bits per heavy atom. The maximum atomic E-state index is 6.19. The molecule has 6 heteroatoms. The lowest BCUT2D eigenvalue weighted by Crippen LogP contribution is -2.39. The van der Waals surface area contributed by atoms with Gasteiger partial charge in [-0.1, -0.05) is 0 Å². The van der Waals surface area contributed by atoms with E-state index in [0.29, 0.717) is 18.1 Å². The molecule has 4 rings (SSSR count). The Bertz CT molecular complexity index is 514. The first-order valence-electron chi connectivity index (χ1n) is 8.91. The molecule has 23 heavy (non-hydrogen) atoms. The molecular weight excluding hydrogens is 292 g/mol. The first-order chi connectivity index (χ1) is 11.3. The lowest BCUT2D eigenvalue weighted by Gasteiger charge is -2.31. The van der Waals surface area contributed by atoms with Gasteiger partial charge in [-0.2, -0.15) is 5.10 Å². The van der Waals surface area contributed by atoms with Gasteiger partial charge in [0, 0.05) is 76.7 Å². The van der Waals surface area contributed by atoms with E-state index in [9.17, 15) is 0 Å². The Morgan fingerprint density at radius 2 is 2.04 bits per heavy atom. The third-order valence-corrected chi connectivity index (χ3v) is 5.51. The third kappa shape index (κ3) is 3.60. The average Bonchev–Trinajstić information content (AvgIpc) is 3.10. The molecule has 0 bridgehead atoms. The van der Waals surface area contributed by atoms with Crippen LogP contribution in [0.15, 0.2) is 12.4 Å². The molecule has 0 aliphatic carbocycles. The highest BCUT2D eigenvalue weighted by atomic mass is 16.5. The van der Waals surface area contributed by atoms with Crippen LogP contribution in [0.25, 0.3) is 0 Å². The van der Waals surface area contributed by atoms with Crippen LogP contribution in [-0.2, 0) is 23.1 Å². The van der Waals surface area contributed by atoms with Crippen molar-refractivity contribution < 1.29 is 9.47 Å². The lowest BCUT2D eigenvalue weighted by molar-refractivity contribution is 0.0243. The molecule has 3 saturated heterocycles. The molecule has 3 aliphatic heterocycles. The second-order valence-electron chi connectivity index (χ2n) is 7.22. The van der Waals surface area contributed by atoms with Gasteiger partial charge in [-0.25, -0.2) is 0 Å². The first-order valence-corrected chi connectivity index (χ1v) is 8.91. The van der Waals surface area contributed by atoms with Crippen LogP contribution in [-0.4, -0.2) is 77.7 Å². The summed E-state index contributed by atoms with van der Waals surface area (Å²) in [5.41, 5.74) is 1.30. The highest BCUT2D eigenvalue weighted by Crippen LogP contribution is 2.28. The molecule has 0 aromatic carbocycles. The van der Waals surface area contributed by atoms with Gasteiger partial charge in [0.2, 0.25) is 0 Å². The Kier molecular flexibility index (Phi) is 4.66. The van der Waals surface area contributed by atoms with Gasteiger partial charge in [-0.3, -0.25) is 14.5 Å². The van der Waals surface area contributed by atoms with Gasteiger partial charge < -0.3 is 9.47 Å². The van der Waals surface area contributed by atoms with Crippen LogP contribution in [0.4, 0.5) is 0 Å². The molecule has 6 nitrogen and oxygen atoms in total. The van der Waals surface area contributed by atoms with E-state index in [1.54, 1.807) is 0 Å². The Balaban J connectivity index is 1.36. The summed E-state index contributed by atoms with van der Waals surface area (Å²) in [6, 6.07) is 0.700. The fourth-order valence-corrected chi connectivity index (χ4v) is 4.30. The maximum Gasteiger partial charge on any atom is 0.0755 e. The number of fused-ring (bicyclic) bond motifs is 1. The van der Waals surface area contributed by atoms with Gasteiger partial charge in [0.25, 0.3) is 0 Å². The van der Waals surface area contributed by atoms with Crippen molar-refractivity contribution in [3.8, 4) is 0 Å². The van der Waals surface area contributed by atoms with E-state index in [2.05, 4.69) is 21.1 Å². The highest BCUT2D eigenvalue weighted by molar-refractivity contribution is 5.04. The molecule has 0 amide bonds. The number of ether oxygens (including phenoxy) is 2. The van der Waals surface area contributed by atoms with Crippen LogP contribution in [0.3, 0.4) is 0 Å². The van der Waals surface area contributed by atoms with Crippen molar-refractivity contribution >= 4 is 0 Å². The molecule has 4 heterocycles. The quantitative estimate of drug-likeness (QED) is 0.821. The summed E-state index contributed by atoms with van der Waals surface area (Å²) in [4.78, 5) is 5.20. The fourth-order valence-electron chi connectivity index (χ4n) is 4.30. The summed E-state index contributed by atoms with van der Waals surface area (Å²) in [6.07, 6.45) is 6.87. The van der Waals surface area contributed by atoms with E-state index in [1.165, 1.54) is 24.9 Å². The van der Waals surface area contributed by atoms with Gasteiger partial charge in [0.05, 0.1) is 18.9 Å². The summed E-state index contributed by atoms with van der Waals surface area (Å²) in [7, 11) is 1.98. The van der Waals surface area contributed by atoms with Crippen molar-refractivity contribution in [3.63, 3.8) is 0 Å². The van der Waals surface area contributed by atoms with E-state index >= 15 is 0 Å².